The second kappa shape index (κ2) is 8.19. The number of rotatable bonds is 5. The summed E-state index contributed by atoms with van der Waals surface area (Å²) in [6.45, 7) is 5.84. The second-order valence-electron chi connectivity index (χ2n) is 6.64. The summed E-state index contributed by atoms with van der Waals surface area (Å²) in [4.78, 5) is 40.6. The highest BCUT2D eigenvalue weighted by molar-refractivity contribution is 6.31. The number of nitrogens with one attached hydrogen (secondary N) is 1. The molecule has 1 aliphatic rings. The number of fused-ring (bicyclic) bond motifs is 3. The predicted octanol–water partition coefficient (Wildman–Crippen LogP) is 3.65. The van der Waals surface area contributed by atoms with Crippen LogP contribution in [0.25, 0.3) is 10.9 Å². The fourth-order valence-electron chi connectivity index (χ4n) is 3.78. The summed E-state index contributed by atoms with van der Waals surface area (Å²) < 4.78 is 10.3. The summed E-state index contributed by atoms with van der Waals surface area (Å²) >= 11 is 6.12. The number of aromatic amines is 1. The standard InChI is InChI=1S/C21H22ClNO5/c1-4-27-18(25)10-13-11(3)19-16(9-14(13)21(26)28-5-2)23-15-8-12(22)6-7-17(24)20(15)19/h6-8,11,23H,4-5,9-10H2,1-3H3. The van der Waals surface area contributed by atoms with Crippen molar-refractivity contribution < 1.29 is 19.1 Å². The Morgan fingerprint density at radius 3 is 2.61 bits per heavy atom. The van der Waals surface area contributed by atoms with Crippen LogP contribution < -0.4 is 5.43 Å². The van der Waals surface area contributed by atoms with Crippen LogP contribution in [0.15, 0.2) is 34.1 Å². The molecule has 0 radical (unpaired) electrons. The Morgan fingerprint density at radius 2 is 1.93 bits per heavy atom. The van der Waals surface area contributed by atoms with Gasteiger partial charge >= 0.3 is 11.9 Å². The highest BCUT2D eigenvalue weighted by atomic mass is 35.5. The van der Waals surface area contributed by atoms with Crippen LogP contribution in [-0.4, -0.2) is 30.1 Å². The van der Waals surface area contributed by atoms with Crippen molar-refractivity contribution in [1.82, 2.24) is 4.98 Å². The molecule has 1 aromatic heterocycles. The van der Waals surface area contributed by atoms with Crippen molar-refractivity contribution in [3.05, 3.63) is 55.8 Å². The largest absolute Gasteiger partial charge is 0.466 e. The van der Waals surface area contributed by atoms with Gasteiger partial charge in [0.15, 0.2) is 5.43 Å². The Balaban J connectivity index is 2.18. The molecule has 28 heavy (non-hydrogen) atoms. The van der Waals surface area contributed by atoms with Crippen molar-refractivity contribution in [3.63, 3.8) is 0 Å². The maximum atomic E-state index is 12.7. The lowest BCUT2D eigenvalue weighted by atomic mass is 9.79. The molecule has 148 valence electrons. The number of aromatic nitrogens is 1. The Kier molecular flexibility index (Phi) is 5.89. The first-order chi connectivity index (χ1) is 13.4. The molecule has 1 heterocycles. The van der Waals surface area contributed by atoms with E-state index in [1.54, 1.807) is 26.0 Å². The van der Waals surface area contributed by atoms with E-state index in [-0.39, 0.29) is 37.4 Å². The zero-order chi connectivity index (χ0) is 20.4. The topological polar surface area (TPSA) is 85.5 Å². The fourth-order valence-corrected chi connectivity index (χ4v) is 3.95. The van der Waals surface area contributed by atoms with Gasteiger partial charge in [-0.15, -0.1) is 0 Å². The Bertz CT molecular complexity index is 1040. The zero-order valence-corrected chi connectivity index (χ0v) is 16.8. The van der Waals surface area contributed by atoms with Crippen LogP contribution >= 0.6 is 11.6 Å². The number of halogens is 1. The number of carbonyl (C=O) groups excluding carboxylic acids is 2. The summed E-state index contributed by atoms with van der Waals surface area (Å²) in [7, 11) is 0. The van der Waals surface area contributed by atoms with E-state index in [9.17, 15) is 14.4 Å². The van der Waals surface area contributed by atoms with E-state index >= 15 is 0 Å². The van der Waals surface area contributed by atoms with Gasteiger partial charge < -0.3 is 14.5 Å². The molecule has 0 saturated heterocycles. The monoisotopic (exact) mass is 403 g/mol. The number of hydrogen-bond acceptors (Lipinski definition) is 5. The molecule has 3 rings (SSSR count). The molecule has 2 aromatic rings. The lowest BCUT2D eigenvalue weighted by molar-refractivity contribution is -0.142. The van der Waals surface area contributed by atoms with E-state index < -0.39 is 11.9 Å². The minimum atomic E-state index is -0.455. The van der Waals surface area contributed by atoms with Crippen molar-refractivity contribution in [2.75, 3.05) is 13.2 Å². The van der Waals surface area contributed by atoms with Crippen LogP contribution in [0.1, 0.15) is 44.4 Å². The first-order valence-electron chi connectivity index (χ1n) is 9.26. The molecule has 6 nitrogen and oxygen atoms in total. The average Bonchev–Trinajstić information content (AvgIpc) is 2.93. The average molecular weight is 404 g/mol. The fraction of sp³-hybridized carbons (Fsp3) is 0.381. The molecule has 1 unspecified atom stereocenters. The van der Waals surface area contributed by atoms with Gasteiger partial charge in [0.25, 0.3) is 0 Å². The number of esters is 2. The van der Waals surface area contributed by atoms with Crippen LogP contribution in [0.2, 0.25) is 5.02 Å². The van der Waals surface area contributed by atoms with Crippen LogP contribution in [0.3, 0.4) is 0 Å². The maximum absolute atomic E-state index is 12.7. The molecule has 0 spiro atoms. The summed E-state index contributed by atoms with van der Waals surface area (Å²) in [6.07, 6.45) is 0.228. The van der Waals surface area contributed by atoms with E-state index in [4.69, 9.17) is 21.1 Å². The van der Waals surface area contributed by atoms with Gasteiger partial charge in [-0.05, 0) is 43.2 Å². The van der Waals surface area contributed by atoms with Gasteiger partial charge in [0.1, 0.15) is 0 Å². The van der Waals surface area contributed by atoms with Crippen molar-refractivity contribution in [3.8, 4) is 0 Å². The molecule has 0 bridgehead atoms. The Labute approximate surface area is 167 Å². The van der Waals surface area contributed by atoms with Gasteiger partial charge in [-0.1, -0.05) is 18.5 Å². The van der Waals surface area contributed by atoms with E-state index in [0.717, 1.165) is 11.3 Å². The van der Waals surface area contributed by atoms with Crippen molar-refractivity contribution in [2.45, 2.75) is 39.5 Å². The molecule has 0 saturated carbocycles. The molecular formula is C21H22ClNO5. The van der Waals surface area contributed by atoms with Crippen LogP contribution in [0.5, 0.6) is 0 Å². The van der Waals surface area contributed by atoms with E-state index in [0.29, 0.717) is 27.1 Å². The van der Waals surface area contributed by atoms with Gasteiger partial charge in [-0.25, -0.2) is 4.79 Å². The highest BCUT2D eigenvalue weighted by Crippen LogP contribution is 2.41. The Hall–Kier alpha value is -2.60. The highest BCUT2D eigenvalue weighted by Gasteiger charge is 2.33. The smallest absolute Gasteiger partial charge is 0.334 e. The van der Waals surface area contributed by atoms with Crippen molar-refractivity contribution in [1.29, 1.82) is 0 Å². The molecule has 0 amide bonds. The number of H-pyrrole nitrogens is 1. The molecular weight excluding hydrogens is 382 g/mol. The molecule has 1 aromatic carbocycles. The molecule has 1 aliphatic carbocycles. The van der Waals surface area contributed by atoms with Gasteiger partial charge in [0.2, 0.25) is 0 Å². The Morgan fingerprint density at radius 1 is 1.21 bits per heavy atom. The first kappa shape index (κ1) is 20.1. The number of carbonyl (C=O) groups is 2. The summed E-state index contributed by atoms with van der Waals surface area (Å²) in [5, 5.41) is 0.961. The van der Waals surface area contributed by atoms with Crippen molar-refractivity contribution >= 4 is 34.4 Å². The SMILES string of the molecule is CCOC(=O)CC1=C(C(=O)OCC)Cc2[nH]c3cc(Cl)ccc(=O)c3c2C1C. The van der Waals surface area contributed by atoms with E-state index in [1.165, 1.54) is 6.07 Å². The third-order valence-electron chi connectivity index (χ3n) is 4.93. The summed E-state index contributed by atoms with van der Waals surface area (Å²) in [5.74, 6) is -1.19. The van der Waals surface area contributed by atoms with Gasteiger partial charge in [0, 0.05) is 28.6 Å². The molecule has 0 aliphatic heterocycles. The third kappa shape index (κ3) is 3.69. The number of ether oxygens (including phenoxy) is 2. The van der Waals surface area contributed by atoms with Gasteiger partial charge in [-0.2, -0.15) is 0 Å². The van der Waals surface area contributed by atoms with Crippen LogP contribution in [0, 0.1) is 0 Å². The van der Waals surface area contributed by atoms with Crippen molar-refractivity contribution in [2.24, 2.45) is 0 Å². The van der Waals surface area contributed by atoms with E-state index in [1.807, 2.05) is 6.92 Å². The third-order valence-corrected chi connectivity index (χ3v) is 5.17. The first-order valence-corrected chi connectivity index (χ1v) is 9.64. The van der Waals surface area contributed by atoms with Crippen LogP contribution in [-0.2, 0) is 25.5 Å². The second-order valence-corrected chi connectivity index (χ2v) is 7.07. The van der Waals surface area contributed by atoms with Gasteiger partial charge in [0.05, 0.1) is 30.5 Å². The van der Waals surface area contributed by atoms with Crippen LogP contribution in [0.4, 0.5) is 0 Å². The molecule has 7 heteroatoms. The lowest BCUT2D eigenvalue weighted by Crippen LogP contribution is -2.22. The summed E-state index contributed by atoms with van der Waals surface area (Å²) in [5.41, 5.74) is 3.06. The quantitative estimate of drug-likeness (QED) is 0.770. The normalized spacial score (nSPS) is 16.1. The molecule has 0 fully saturated rings. The predicted molar refractivity (Wildman–Crippen MR) is 107 cm³/mol. The summed E-state index contributed by atoms with van der Waals surface area (Å²) in [6, 6.07) is 4.68. The zero-order valence-electron chi connectivity index (χ0n) is 16.1. The minimum absolute atomic E-state index is 0.0246. The lowest BCUT2D eigenvalue weighted by Gasteiger charge is -2.25. The van der Waals surface area contributed by atoms with E-state index in [2.05, 4.69) is 4.98 Å². The maximum Gasteiger partial charge on any atom is 0.334 e. The van der Waals surface area contributed by atoms with Gasteiger partial charge in [-0.3, -0.25) is 9.59 Å². The molecule has 1 atom stereocenters. The number of hydrogen-bond donors (Lipinski definition) is 1. The molecule has 1 N–H and O–H groups in total. The minimum Gasteiger partial charge on any atom is -0.466 e.